The third-order valence-corrected chi connectivity index (χ3v) is 3.59. The number of aliphatic hydroxyl groups excluding tert-OH is 1. The summed E-state index contributed by atoms with van der Waals surface area (Å²) >= 11 is 0. The summed E-state index contributed by atoms with van der Waals surface area (Å²) in [5.74, 6) is 1.10. The number of ether oxygens (including phenoxy) is 1. The first kappa shape index (κ1) is 17.5. The van der Waals surface area contributed by atoms with Gasteiger partial charge in [-0.05, 0) is 68.3 Å². The van der Waals surface area contributed by atoms with Crippen LogP contribution in [0.3, 0.4) is 0 Å². The molecule has 1 amide bonds. The summed E-state index contributed by atoms with van der Waals surface area (Å²) in [6.07, 6.45) is 0.519. The molecule has 2 aromatic rings. The Labute approximate surface area is 141 Å². The molecule has 0 aliphatic carbocycles. The van der Waals surface area contributed by atoms with Crippen LogP contribution in [-0.4, -0.2) is 23.7 Å². The van der Waals surface area contributed by atoms with E-state index in [2.05, 4.69) is 11.4 Å². The molecule has 0 fully saturated rings. The molecule has 0 radical (unpaired) electrons. The van der Waals surface area contributed by atoms with Gasteiger partial charge in [-0.2, -0.15) is 5.26 Å². The maximum absolute atomic E-state index is 12.1. The molecule has 2 rings (SSSR count). The highest BCUT2D eigenvalue weighted by atomic mass is 16.5. The van der Waals surface area contributed by atoms with Gasteiger partial charge in [-0.1, -0.05) is 0 Å². The number of nitrogens with zero attached hydrogens (tertiary/aromatic N) is 1. The van der Waals surface area contributed by atoms with Crippen LogP contribution in [0.15, 0.2) is 42.5 Å². The highest BCUT2D eigenvalue weighted by molar-refractivity contribution is 5.94. The Kier molecular flexibility index (Phi) is 5.94. The molecule has 0 heterocycles. The van der Waals surface area contributed by atoms with E-state index in [1.54, 1.807) is 42.5 Å². The summed E-state index contributed by atoms with van der Waals surface area (Å²) in [5.41, 5.74) is 1.99. The molecular weight excluding hydrogens is 304 g/mol. The van der Waals surface area contributed by atoms with Crippen LogP contribution in [0.2, 0.25) is 0 Å². The smallest absolute Gasteiger partial charge is 0.251 e. The molecule has 0 aliphatic heterocycles. The number of rotatable bonds is 6. The van der Waals surface area contributed by atoms with Gasteiger partial charge in [0.05, 0.1) is 11.6 Å². The lowest BCUT2D eigenvalue weighted by Gasteiger charge is -2.13. The standard InChI is InChI=1S/C19H20N2O3/c1-13-11-15(12-20)3-8-18(13)24-17-6-4-16(5-7-17)19(23)21-14(2)9-10-22/h3-8,11,14,22H,9-10H2,1-2H3,(H,21,23). The van der Waals surface area contributed by atoms with E-state index in [0.717, 1.165) is 5.56 Å². The second-order valence-electron chi connectivity index (χ2n) is 5.61. The summed E-state index contributed by atoms with van der Waals surface area (Å²) in [6.45, 7) is 3.76. The molecule has 124 valence electrons. The van der Waals surface area contributed by atoms with Crippen molar-refractivity contribution in [3.05, 3.63) is 59.2 Å². The van der Waals surface area contributed by atoms with Crippen LogP contribution in [0, 0.1) is 18.3 Å². The van der Waals surface area contributed by atoms with E-state index in [-0.39, 0.29) is 18.6 Å². The molecule has 24 heavy (non-hydrogen) atoms. The normalized spacial score (nSPS) is 11.4. The molecule has 0 saturated heterocycles. The van der Waals surface area contributed by atoms with Crippen LogP contribution in [0.1, 0.15) is 34.8 Å². The summed E-state index contributed by atoms with van der Waals surface area (Å²) in [5, 5.41) is 20.6. The number of nitrogens with one attached hydrogen (secondary N) is 1. The zero-order valence-electron chi connectivity index (χ0n) is 13.7. The minimum atomic E-state index is -0.183. The molecule has 5 heteroatoms. The fourth-order valence-corrected chi connectivity index (χ4v) is 2.21. The van der Waals surface area contributed by atoms with Gasteiger partial charge >= 0.3 is 0 Å². The molecule has 5 nitrogen and oxygen atoms in total. The molecule has 0 aliphatic rings. The van der Waals surface area contributed by atoms with Crippen LogP contribution in [0.25, 0.3) is 0 Å². The lowest BCUT2D eigenvalue weighted by molar-refractivity contribution is 0.0934. The number of nitriles is 1. The molecule has 1 unspecified atom stereocenters. The summed E-state index contributed by atoms with van der Waals surface area (Å²) in [7, 11) is 0. The molecule has 2 N–H and O–H groups in total. The lowest BCUT2D eigenvalue weighted by Crippen LogP contribution is -2.33. The second-order valence-corrected chi connectivity index (χ2v) is 5.61. The number of hydrogen-bond acceptors (Lipinski definition) is 4. The zero-order chi connectivity index (χ0) is 17.5. The predicted molar refractivity (Wildman–Crippen MR) is 91.0 cm³/mol. The SMILES string of the molecule is Cc1cc(C#N)ccc1Oc1ccc(C(=O)NC(C)CCO)cc1. The first-order chi connectivity index (χ1) is 11.5. The van der Waals surface area contributed by atoms with Crippen molar-refractivity contribution in [1.29, 1.82) is 5.26 Å². The molecule has 0 spiro atoms. The van der Waals surface area contributed by atoms with E-state index in [9.17, 15) is 4.79 Å². The fraction of sp³-hybridized carbons (Fsp3) is 0.263. The monoisotopic (exact) mass is 324 g/mol. The molecule has 2 aromatic carbocycles. The van der Waals surface area contributed by atoms with Gasteiger partial charge in [0.2, 0.25) is 0 Å². The van der Waals surface area contributed by atoms with Crippen molar-refractivity contribution < 1.29 is 14.6 Å². The molecule has 0 bridgehead atoms. The van der Waals surface area contributed by atoms with E-state index in [0.29, 0.717) is 29.0 Å². The van der Waals surface area contributed by atoms with Gasteiger partial charge in [0, 0.05) is 18.2 Å². The number of benzene rings is 2. The quantitative estimate of drug-likeness (QED) is 0.855. The van der Waals surface area contributed by atoms with Crippen LogP contribution >= 0.6 is 0 Å². The maximum atomic E-state index is 12.1. The third kappa shape index (κ3) is 4.58. The highest BCUT2D eigenvalue weighted by Crippen LogP contribution is 2.25. The van der Waals surface area contributed by atoms with E-state index in [1.807, 2.05) is 13.8 Å². The molecule has 1 atom stereocenters. The van der Waals surface area contributed by atoms with E-state index < -0.39 is 0 Å². The van der Waals surface area contributed by atoms with Crippen molar-refractivity contribution in [2.45, 2.75) is 26.3 Å². The lowest BCUT2D eigenvalue weighted by atomic mass is 10.1. The topological polar surface area (TPSA) is 82.3 Å². The van der Waals surface area contributed by atoms with Crippen molar-refractivity contribution >= 4 is 5.91 Å². The van der Waals surface area contributed by atoms with Gasteiger partial charge in [0.15, 0.2) is 0 Å². The summed E-state index contributed by atoms with van der Waals surface area (Å²) in [6, 6.07) is 14.1. The van der Waals surface area contributed by atoms with Crippen molar-refractivity contribution in [3.8, 4) is 17.6 Å². The second kappa shape index (κ2) is 8.14. The number of aryl methyl sites for hydroxylation is 1. The Morgan fingerprint density at radius 1 is 1.29 bits per heavy atom. The Morgan fingerprint density at radius 3 is 2.58 bits per heavy atom. The van der Waals surface area contributed by atoms with E-state index in [4.69, 9.17) is 15.1 Å². The van der Waals surface area contributed by atoms with Crippen LogP contribution in [0.4, 0.5) is 0 Å². The van der Waals surface area contributed by atoms with Gasteiger partial charge in [0.1, 0.15) is 11.5 Å². The molecule has 0 saturated carbocycles. The largest absolute Gasteiger partial charge is 0.457 e. The van der Waals surface area contributed by atoms with Crippen molar-refractivity contribution in [2.24, 2.45) is 0 Å². The number of carbonyl (C=O) groups is 1. The number of amides is 1. The highest BCUT2D eigenvalue weighted by Gasteiger charge is 2.10. The Hall–Kier alpha value is -2.84. The van der Waals surface area contributed by atoms with Gasteiger partial charge < -0.3 is 15.2 Å². The Bertz CT molecular complexity index is 748. The van der Waals surface area contributed by atoms with Crippen LogP contribution < -0.4 is 10.1 Å². The van der Waals surface area contributed by atoms with Crippen LogP contribution in [-0.2, 0) is 0 Å². The van der Waals surface area contributed by atoms with Gasteiger partial charge in [-0.25, -0.2) is 0 Å². The summed E-state index contributed by atoms with van der Waals surface area (Å²) in [4.78, 5) is 12.1. The first-order valence-electron chi connectivity index (χ1n) is 7.74. The minimum absolute atomic E-state index is 0.0398. The number of carbonyl (C=O) groups excluding carboxylic acids is 1. The Balaban J connectivity index is 2.04. The fourth-order valence-electron chi connectivity index (χ4n) is 2.21. The Morgan fingerprint density at radius 2 is 2.00 bits per heavy atom. The van der Waals surface area contributed by atoms with Crippen molar-refractivity contribution in [3.63, 3.8) is 0 Å². The maximum Gasteiger partial charge on any atom is 0.251 e. The molecule has 0 aromatic heterocycles. The number of hydrogen-bond donors (Lipinski definition) is 2. The van der Waals surface area contributed by atoms with E-state index in [1.165, 1.54) is 0 Å². The van der Waals surface area contributed by atoms with Gasteiger partial charge in [-0.3, -0.25) is 4.79 Å². The third-order valence-electron chi connectivity index (χ3n) is 3.59. The van der Waals surface area contributed by atoms with E-state index >= 15 is 0 Å². The average Bonchev–Trinajstić information content (AvgIpc) is 2.57. The van der Waals surface area contributed by atoms with Crippen LogP contribution in [0.5, 0.6) is 11.5 Å². The van der Waals surface area contributed by atoms with Crippen molar-refractivity contribution in [2.75, 3.05) is 6.61 Å². The van der Waals surface area contributed by atoms with Gasteiger partial charge in [-0.15, -0.1) is 0 Å². The summed E-state index contributed by atoms with van der Waals surface area (Å²) < 4.78 is 5.79. The first-order valence-corrected chi connectivity index (χ1v) is 7.74. The minimum Gasteiger partial charge on any atom is -0.457 e. The predicted octanol–water partition coefficient (Wildman–Crippen LogP) is 3.16. The number of aliphatic hydroxyl groups is 1. The average molecular weight is 324 g/mol. The van der Waals surface area contributed by atoms with Crippen molar-refractivity contribution in [1.82, 2.24) is 5.32 Å². The molecular formula is C19H20N2O3. The van der Waals surface area contributed by atoms with Gasteiger partial charge in [0.25, 0.3) is 5.91 Å². The zero-order valence-corrected chi connectivity index (χ0v) is 13.7.